The molecule has 0 aliphatic heterocycles. The molecular weight excluding hydrogens is 224 g/mol. The van der Waals surface area contributed by atoms with Gasteiger partial charge in [0.1, 0.15) is 5.75 Å². The van der Waals surface area contributed by atoms with Gasteiger partial charge in [-0.1, -0.05) is 6.58 Å². The number of esters is 2. The lowest BCUT2D eigenvalue weighted by Gasteiger charge is -2.07. The number of hydrogen-bond acceptors (Lipinski definition) is 5. The van der Waals surface area contributed by atoms with E-state index < -0.39 is 11.9 Å². The van der Waals surface area contributed by atoms with E-state index in [1.807, 2.05) is 0 Å². The Hall–Kier alpha value is -2.30. The summed E-state index contributed by atoms with van der Waals surface area (Å²) in [7, 11) is 0. The second kappa shape index (κ2) is 5.16. The highest BCUT2D eigenvalue weighted by molar-refractivity contribution is 5.89. The molecule has 0 aromatic heterocycles. The summed E-state index contributed by atoms with van der Waals surface area (Å²) in [5.41, 5.74) is 0.216. The molecule has 90 valence electrons. The molecule has 0 saturated carbocycles. The summed E-state index contributed by atoms with van der Waals surface area (Å²) in [5, 5.41) is 9.54. The maximum atomic E-state index is 11.2. The van der Waals surface area contributed by atoms with Crippen molar-refractivity contribution in [2.75, 3.05) is 0 Å². The van der Waals surface area contributed by atoms with Crippen LogP contribution in [0.3, 0.4) is 0 Å². The molecule has 5 nitrogen and oxygen atoms in total. The lowest BCUT2D eigenvalue weighted by atomic mass is 10.3. The molecule has 0 fully saturated rings. The normalized spacial score (nSPS) is 9.53. The summed E-state index contributed by atoms with van der Waals surface area (Å²) in [5.74, 6) is -1.28. The van der Waals surface area contributed by atoms with Gasteiger partial charge < -0.3 is 14.6 Å². The molecule has 0 saturated heterocycles. The van der Waals surface area contributed by atoms with Crippen LogP contribution in [0.15, 0.2) is 30.4 Å². The minimum absolute atomic E-state index is 0.0195. The summed E-state index contributed by atoms with van der Waals surface area (Å²) < 4.78 is 9.58. The fourth-order valence-corrected chi connectivity index (χ4v) is 1.000. The van der Waals surface area contributed by atoms with Gasteiger partial charge in [-0.25, -0.2) is 4.79 Å². The van der Waals surface area contributed by atoms with Crippen LogP contribution in [-0.4, -0.2) is 17.0 Å². The summed E-state index contributed by atoms with van der Waals surface area (Å²) in [6.07, 6.45) is 0. The second-order valence-electron chi connectivity index (χ2n) is 3.39. The molecule has 0 radical (unpaired) electrons. The first kappa shape index (κ1) is 12.8. The minimum Gasteiger partial charge on any atom is -0.504 e. The standard InChI is InChI=1S/C12H12O5/c1-7(2)12(15)17-11-5-4-9(6-10(11)14)16-8(3)13/h4-6,14H,1H2,2-3H3. The topological polar surface area (TPSA) is 72.8 Å². The Labute approximate surface area is 98.3 Å². The number of rotatable bonds is 3. The zero-order chi connectivity index (χ0) is 13.0. The van der Waals surface area contributed by atoms with Crippen LogP contribution in [0.5, 0.6) is 17.2 Å². The van der Waals surface area contributed by atoms with Crippen LogP contribution in [0.4, 0.5) is 0 Å². The fraction of sp³-hybridized carbons (Fsp3) is 0.167. The average molecular weight is 236 g/mol. The van der Waals surface area contributed by atoms with Gasteiger partial charge in [-0.05, 0) is 19.1 Å². The van der Waals surface area contributed by atoms with Crippen molar-refractivity contribution in [2.24, 2.45) is 0 Å². The number of phenolic OH excluding ortho intramolecular Hbond substituents is 1. The molecular formula is C12H12O5. The SMILES string of the molecule is C=C(C)C(=O)Oc1ccc(OC(C)=O)cc1O. The van der Waals surface area contributed by atoms with Crippen molar-refractivity contribution < 1.29 is 24.2 Å². The average Bonchev–Trinajstić information content (AvgIpc) is 2.20. The first-order valence-corrected chi connectivity index (χ1v) is 4.79. The van der Waals surface area contributed by atoms with E-state index in [2.05, 4.69) is 6.58 Å². The van der Waals surface area contributed by atoms with Gasteiger partial charge in [0, 0.05) is 18.6 Å². The zero-order valence-electron chi connectivity index (χ0n) is 9.52. The van der Waals surface area contributed by atoms with Gasteiger partial charge in [-0.2, -0.15) is 0 Å². The largest absolute Gasteiger partial charge is 0.504 e. The number of aromatic hydroxyl groups is 1. The molecule has 0 aliphatic carbocycles. The maximum absolute atomic E-state index is 11.2. The number of ether oxygens (including phenoxy) is 2. The van der Waals surface area contributed by atoms with Crippen molar-refractivity contribution in [1.82, 2.24) is 0 Å². The van der Waals surface area contributed by atoms with Crippen molar-refractivity contribution in [3.8, 4) is 17.2 Å². The van der Waals surface area contributed by atoms with Gasteiger partial charge in [0.05, 0.1) is 0 Å². The van der Waals surface area contributed by atoms with E-state index in [1.165, 1.54) is 32.0 Å². The van der Waals surface area contributed by atoms with Gasteiger partial charge >= 0.3 is 11.9 Å². The van der Waals surface area contributed by atoms with Crippen LogP contribution in [0, 0.1) is 0 Å². The Bertz CT molecular complexity index is 476. The van der Waals surface area contributed by atoms with Crippen molar-refractivity contribution in [1.29, 1.82) is 0 Å². The lowest BCUT2D eigenvalue weighted by Crippen LogP contribution is -2.08. The molecule has 0 heterocycles. The molecule has 17 heavy (non-hydrogen) atoms. The van der Waals surface area contributed by atoms with Gasteiger partial charge in [-0.15, -0.1) is 0 Å². The van der Waals surface area contributed by atoms with Gasteiger partial charge in [-0.3, -0.25) is 4.79 Å². The summed E-state index contributed by atoms with van der Waals surface area (Å²) in [4.78, 5) is 21.9. The Balaban J connectivity index is 2.86. The molecule has 5 heteroatoms. The third-order valence-electron chi connectivity index (χ3n) is 1.74. The highest BCUT2D eigenvalue weighted by atomic mass is 16.5. The van der Waals surface area contributed by atoms with E-state index in [4.69, 9.17) is 9.47 Å². The molecule has 0 spiro atoms. The van der Waals surface area contributed by atoms with E-state index in [0.717, 1.165) is 0 Å². The minimum atomic E-state index is -0.638. The Morgan fingerprint density at radius 3 is 2.35 bits per heavy atom. The number of hydrogen-bond donors (Lipinski definition) is 1. The smallest absolute Gasteiger partial charge is 0.338 e. The van der Waals surface area contributed by atoms with Crippen LogP contribution in [0.1, 0.15) is 13.8 Å². The molecule has 0 aliphatic rings. The number of benzene rings is 1. The fourth-order valence-electron chi connectivity index (χ4n) is 1.000. The first-order valence-electron chi connectivity index (χ1n) is 4.79. The van der Waals surface area contributed by atoms with Crippen molar-refractivity contribution in [3.05, 3.63) is 30.4 Å². The Morgan fingerprint density at radius 1 is 1.24 bits per heavy atom. The molecule has 0 bridgehead atoms. The summed E-state index contributed by atoms with van der Waals surface area (Å²) in [6.45, 7) is 6.15. The molecule has 1 aromatic rings. The zero-order valence-corrected chi connectivity index (χ0v) is 9.52. The van der Waals surface area contributed by atoms with Gasteiger partial charge in [0.2, 0.25) is 0 Å². The first-order chi connectivity index (χ1) is 7.90. The third-order valence-corrected chi connectivity index (χ3v) is 1.74. The number of carbonyl (C=O) groups is 2. The van der Waals surface area contributed by atoms with Crippen LogP contribution in [0.2, 0.25) is 0 Å². The summed E-state index contributed by atoms with van der Waals surface area (Å²) >= 11 is 0. The third kappa shape index (κ3) is 3.64. The molecule has 1 aromatic carbocycles. The quantitative estimate of drug-likeness (QED) is 0.492. The van der Waals surface area contributed by atoms with Gasteiger partial charge in [0.25, 0.3) is 0 Å². The predicted molar refractivity (Wildman–Crippen MR) is 59.9 cm³/mol. The number of phenols is 1. The van der Waals surface area contributed by atoms with Crippen molar-refractivity contribution in [3.63, 3.8) is 0 Å². The van der Waals surface area contributed by atoms with Crippen LogP contribution in [-0.2, 0) is 9.59 Å². The van der Waals surface area contributed by atoms with Crippen LogP contribution < -0.4 is 9.47 Å². The summed E-state index contributed by atoms with van der Waals surface area (Å²) in [6, 6.07) is 3.92. The van der Waals surface area contributed by atoms with E-state index in [9.17, 15) is 14.7 Å². The highest BCUT2D eigenvalue weighted by Gasteiger charge is 2.11. The van der Waals surface area contributed by atoms with Crippen LogP contribution >= 0.6 is 0 Å². The van der Waals surface area contributed by atoms with E-state index in [0.29, 0.717) is 0 Å². The Kier molecular flexibility index (Phi) is 3.87. The molecule has 1 N–H and O–H groups in total. The molecule has 0 atom stereocenters. The maximum Gasteiger partial charge on any atom is 0.338 e. The number of carbonyl (C=O) groups excluding carboxylic acids is 2. The second-order valence-corrected chi connectivity index (χ2v) is 3.39. The van der Waals surface area contributed by atoms with E-state index in [-0.39, 0.29) is 22.8 Å². The van der Waals surface area contributed by atoms with E-state index >= 15 is 0 Å². The van der Waals surface area contributed by atoms with Crippen molar-refractivity contribution in [2.45, 2.75) is 13.8 Å². The molecule has 0 unspecified atom stereocenters. The monoisotopic (exact) mass is 236 g/mol. The lowest BCUT2D eigenvalue weighted by molar-refractivity contribution is -0.132. The Morgan fingerprint density at radius 2 is 1.88 bits per heavy atom. The molecule has 1 rings (SSSR count). The predicted octanol–water partition coefficient (Wildman–Crippen LogP) is 1.80. The highest BCUT2D eigenvalue weighted by Crippen LogP contribution is 2.30. The van der Waals surface area contributed by atoms with Crippen LogP contribution in [0.25, 0.3) is 0 Å². The van der Waals surface area contributed by atoms with E-state index in [1.54, 1.807) is 0 Å². The van der Waals surface area contributed by atoms with Gasteiger partial charge in [0.15, 0.2) is 11.5 Å². The van der Waals surface area contributed by atoms with Crippen molar-refractivity contribution >= 4 is 11.9 Å². The molecule has 0 amide bonds.